The molecule has 0 bridgehead atoms. The van der Waals surface area contributed by atoms with Gasteiger partial charge in [-0.2, -0.15) is 0 Å². The summed E-state index contributed by atoms with van der Waals surface area (Å²) < 4.78 is 141. The normalized spacial score (nSPS) is 11.5. The van der Waals surface area contributed by atoms with E-state index < -0.39 is 94.5 Å². The van der Waals surface area contributed by atoms with Crippen LogP contribution in [0.1, 0.15) is 11.1 Å². The molecule has 0 saturated heterocycles. The van der Waals surface area contributed by atoms with E-state index in [0.717, 1.165) is 12.2 Å². The molecule has 0 aliphatic heterocycles. The van der Waals surface area contributed by atoms with Gasteiger partial charge in [0, 0.05) is 12.2 Å². The Morgan fingerprint density at radius 2 is 0.706 bits per heavy atom. The van der Waals surface area contributed by atoms with Crippen LogP contribution >= 0.6 is 0 Å². The average Bonchev–Trinajstić information content (AvgIpc) is 2.81. The third kappa shape index (κ3) is 5.55. The van der Waals surface area contributed by atoms with Gasteiger partial charge in [-0.25, -0.2) is 53.5 Å². The summed E-state index contributed by atoms with van der Waals surface area (Å²) in [5.41, 5.74) is -2.82. The zero-order valence-electron chi connectivity index (χ0n) is 16.1. The lowest BCUT2D eigenvalue weighted by molar-refractivity contribution is -0.140. The van der Waals surface area contributed by atoms with E-state index in [-0.39, 0.29) is 0 Å². The monoisotopic (exact) mass is 502 g/mol. The van der Waals surface area contributed by atoms with E-state index in [0.29, 0.717) is 12.2 Å². The van der Waals surface area contributed by atoms with Crippen LogP contribution in [0.5, 0.6) is 0 Å². The van der Waals surface area contributed by atoms with Crippen LogP contribution < -0.4 is 0 Å². The smallest absolute Gasteiger partial charge is 0.331 e. The third-order valence-electron chi connectivity index (χ3n) is 3.89. The van der Waals surface area contributed by atoms with E-state index in [4.69, 9.17) is 0 Å². The lowest BCUT2D eigenvalue weighted by atomic mass is 10.2. The summed E-state index contributed by atoms with van der Waals surface area (Å²) in [6.07, 6.45) is 2.64. The zero-order chi connectivity index (χ0) is 25.7. The number of benzene rings is 2. The summed E-state index contributed by atoms with van der Waals surface area (Å²) >= 11 is 0. The second kappa shape index (κ2) is 10.9. The summed E-state index contributed by atoms with van der Waals surface area (Å²) in [6.45, 7) is -2.66. The van der Waals surface area contributed by atoms with Gasteiger partial charge in [-0.1, -0.05) is 12.2 Å². The summed E-state index contributed by atoms with van der Waals surface area (Å²) in [5, 5.41) is 0. The molecule has 0 aliphatic carbocycles. The number of carbonyl (C=O) groups is 2. The number of rotatable bonds is 7. The van der Waals surface area contributed by atoms with Gasteiger partial charge in [-0.15, -0.1) is 0 Å². The fraction of sp³-hybridized carbons (Fsp3) is 0.100. The second-order valence-electron chi connectivity index (χ2n) is 6.03. The molecule has 2 aromatic rings. The summed E-state index contributed by atoms with van der Waals surface area (Å²) in [5.74, 6) is -25.3. The molecule has 0 aliphatic rings. The lowest BCUT2D eigenvalue weighted by Crippen LogP contribution is -2.10. The highest BCUT2D eigenvalue weighted by Gasteiger charge is 2.27. The molecule has 2 rings (SSSR count). The number of ether oxygens (including phenoxy) is 2. The predicted octanol–water partition coefficient (Wildman–Crippen LogP) is 4.98. The van der Waals surface area contributed by atoms with Crippen molar-refractivity contribution in [1.82, 2.24) is 0 Å². The molecular weight excluding hydrogens is 494 g/mol. The average molecular weight is 502 g/mol. The van der Waals surface area contributed by atoms with Gasteiger partial charge in [-0.3, -0.25) is 0 Å². The highest BCUT2D eigenvalue weighted by Crippen LogP contribution is 2.24. The van der Waals surface area contributed by atoms with E-state index in [2.05, 4.69) is 9.47 Å². The Morgan fingerprint density at radius 3 is 0.971 bits per heavy atom. The van der Waals surface area contributed by atoms with E-state index in [1.54, 1.807) is 0 Å². The highest BCUT2D eigenvalue weighted by atomic mass is 19.2. The molecule has 0 atom stereocenters. The molecule has 0 radical (unpaired) electrons. The number of hydrogen-bond acceptors (Lipinski definition) is 4. The van der Waals surface area contributed by atoms with Crippen molar-refractivity contribution < 1.29 is 63.0 Å². The molecule has 0 heterocycles. The van der Waals surface area contributed by atoms with Crippen LogP contribution in [0.25, 0.3) is 0 Å². The van der Waals surface area contributed by atoms with Crippen molar-refractivity contribution in [3.05, 3.63) is 93.6 Å². The van der Waals surface area contributed by atoms with Gasteiger partial charge in [0.15, 0.2) is 46.5 Å². The Morgan fingerprint density at radius 1 is 0.471 bits per heavy atom. The maximum absolute atomic E-state index is 13.5. The molecule has 0 N–H and O–H groups in total. The zero-order valence-corrected chi connectivity index (χ0v) is 16.1. The largest absolute Gasteiger partial charge is 0.457 e. The van der Waals surface area contributed by atoms with E-state index in [9.17, 15) is 53.5 Å². The number of allylic oxidation sites excluding steroid dienone is 2. The molecule has 0 fully saturated rings. The molecule has 0 unspecified atom stereocenters. The molecule has 14 heteroatoms. The first kappa shape index (κ1) is 26.4. The van der Waals surface area contributed by atoms with Gasteiger partial charge in [0.1, 0.15) is 13.2 Å². The maximum atomic E-state index is 13.5. The molecule has 182 valence electrons. The van der Waals surface area contributed by atoms with Crippen LogP contribution in [0.2, 0.25) is 0 Å². The minimum atomic E-state index is -2.40. The fourth-order valence-corrected chi connectivity index (χ4v) is 2.21. The van der Waals surface area contributed by atoms with Crippen LogP contribution in [0.15, 0.2) is 24.3 Å². The molecule has 4 nitrogen and oxygen atoms in total. The SMILES string of the molecule is O=C(/C=C/C=C/C(=O)OCc1c(F)c(F)c(F)c(F)c1F)OCc1c(F)c(F)c(F)c(F)c1F. The van der Waals surface area contributed by atoms with Gasteiger partial charge in [0.05, 0.1) is 11.1 Å². The van der Waals surface area contributed by atoms with Crippen LogP contribution in [-0.2, 0) is 32.3 Å². The number of hydrogen-bond donors (Lipinski definition) is 0. The molecule has 2 aromatic carbocycles. The van der Waals surface area contributed by atoms with Crippen molar-refractivity contribution in [1.29, 1.82) is 0 Å². The van der Waals surface area contributed by atoms with Crippen LogP contribution in [-0.4, -0.2) is 11.9 Å². The van der Waals surface area contributed by atoms with Gasteiger partial charge >= 0.3 is 11.9 Å². The van der Waals surface area contributed by atoms with Crippen molar-refractivity contribution in [2.24, 2.45) is 0 Å². The molecule has 0 aromatic heterocycles. The van der Waals surface area contributed by atoms with E-state index in [1.165, 1.54) is 0 Å². The van der Waals surface area contributed by atoms with Gasteiger partial charge < -0.3 is 9.47 Å². The molecular formula is C20H8F10O4. The molecule has 0 amide bonds. The minimum absolute atomic E-state index is 0.542. The Bertz CT molecular complexity index is 1060. The Hall–Kier alpha value is -3.84. The van der Waals surface area contributed by atoms with E-state index >= 15 is 0 Å². The Labute approximate surface area is 182 Å². The lowest BCUT2D eigenvalue weighted by Gasteiger charge is -2.08. The number of esters is 2. The molecule has 0 saturated carbocycles. The van der Waals surface area contributed by atoms with Gasteiger partial charge in [0.2, 0.25) is 11.6 Å². The van der Waals surface area contributed by atoms with Crippen molar-refractivity contribution in [2.75, 3.05) is 0 Å². The first-order valence-electron chi connectivity index (χ1n) is 8.57. The standard InChI is InChI=1S/C20H8F10O4/c21-11-7(12(22)16(26)19(29)15(11)25)5-33-9(31)3-1-2-4-10(32)34-6-8-13(23)17(27)20(30)18(28)14(8)24/h1-4H,5-6H2/b3-1+,4-2+. The summed E-state index contributed by atoms with van der Waals surface area (Å²) in [7, 11) is 0. The number of carbonyl (C=O) groups excluding carboxylic acids is 2. The topological polar surface area (TPSA) is 52.6 Å². The predicted molar refractivity (Wildman–Crippen MR) is 90.3 cm³/mol. The molecule has 34 heavy (non-hydrogen) atoms. The van der Waals surface area contributed by atoms with Crippen LogP contribution in [0.4, 0.5) is 43.9 Å². The summed E-state index contributed by atoms with van der Waals surface area (Å²) in [6, 6.07) is 0. The first-order chi connectivity index (χ1) is 15.9. The Balaban J connectivity index is 1.93. The Kier molecular flexibility index (Phi) is 8.43. The van der Waals surface area contributed by atoms with Crippen molar-refractivity contribution in [2.45, 2.75) is 13.2 Å². The van der Waals surface area contributed by atoms with Crippen molar-refractivity contribution in [3.63, 3.8) is 0 Å². The number of halogens is 10. The first-order valence-corrected chi connectivity index (χ1v) is 8.57. The summed E-state index contributed by atoms with van der Waals surface area (Å²) in [4.78, 5) is 22.9. The molecule has 0 spiro atoms. The van der Waals surface area contributed by atoms with Gasteiger partial charge in [-0.05, 0) is 0 Å². The highest BCUT2D eigenvalue weighted by molar-refractivity contribution is 5.84. The minimum Gasteiger partial charge on any atom is -0.457 e. The fourth-order valence-electron chi connectivity index (χ4n) is 2.21. The van der Waals surface area contributed by atoms with Crippen LogP contribution in [0, 0.1) is 58.2 Å². The maximum Gasteiger partial charge on any atom is 0.331 e. The van der Waals surface area contributed by atoms with Crippen molar-refractivity contribution >= 4 is 11.9 Å². The van der Waals surface area contributed by atoms with Gasteiger partial charge in [0.25, 0.3) is 0 Å². The van der Waals surface area contributed by atoms with Crippen LogP contribution in [0.3, 0.4) is 0 Å². The second-order valence-corrected chi connectivity index (χ2v) is 6.03. The third-order valence-corrected chi connectivity index (χ3v) is 3.89. The van der Waals surface area contributed by atoms with E-state index in [1.807, 2.05) is 0 Å². The quantitative estimate of drug-likeness (QED) is 0.134. The van der Waals surface area contributed by atoms with Crippen molar-refractivity contribution in [3.8, 4) is 0 Å².